The predicted octanol–water partition coefficient (Wildman–Crippen LogP) is 2.31. The van der Waals surface area contributed by atoms with Crippen LogP contribution in [-0.4, -0.2) is 28.5 Å². The van der Waals surface area contributed by atoms with Crippen molar-refractivity contribution in [1.82, 2.24) is 15.0 Å². The zero-order valence-electron chi connectivity index (χ0n) is 11.7. The highest BCUT2D eigenvalue weighted by atomic mass is 16.5. The second-order valence-electron chi connectivity index (χ2n) is 4.61. The second-order valence-corrected chi connectivity index (χ2v) is 4.61. The molecule has 0 fully saturated rings. The summed E-state index contributed by atoms with van der Waals surface area (Å²) in [5.41, 5.74) is 3.83. The van der Waals surface area contributed by atoms with Gasteiger partial charge in [-0.2, -0.15) is 0 Å². The molecule has 0 aliphatic rings. The molecule has 1 heterocycles. The molecule has 21 heavy (non-hydrogen) atoms. The van der Waals surface area contributed by atoms with Crippen molar-refractivity contribution in [2.24, 2.45) is 0 Å². The molecule has 106 valence electrons. The molecule has 6 nitrogen and oxygen atoms in total. The summed E-state index contributed by atoms with van der Waals surface area (Å²) in [6.07, 6.45) is 0.619. The van der Waals surface area contributed by atoms with Crippen LogP contribution in [0.25, 0.3) is 16.7 Å². The predicted molar refractivity (Wildman–Crippen MR) is 79.8 cm³/mol. The van der Waals surface area contributed by atoms with Crippen LogP contribution in [0, 0.1) is 6.92 Å². The fourth-order valence-electron chi connectivity index (χ4n) is 2.26. The number of benzene rings is 2. The topological polar surface area (TPSA) is 69.0 Å². The SMILES string of the molecule is COc1c(NC=O)cc(C)cc1-n1nc2ccccc2n1. The molecule has 0 saturated heterocycles. The van der Waals surface area contributed by atoms with Gasteiger partial charge in [-0.1, -0.05) is 12.1 Å². The first kappa shape index (κ1) is 13.1. The molecule has 0 bridgehead atoms. The first-order valence-corrected chi connectivity index (χ1v) is 6.44. The van der Waals surface area contributed by atoms with Crippen LogP contribution in [0.1, 0.15) is 5.56 Å². The van der Waals surface area contributed by atoms with E-state index in [9.17, 15) is 4.79 Å². The molecule has 3 rings (SSSR count). The van der Waals surface area contributed by atoms with Crippen molar-refractivity contribution in [1.29, 1.82) is 0 Å². The molecule has 3 aromatic rings. The van der Waals surface area contributed by atoms with Gasteiger partial charge >= 0.3 is 0 Å². The molecule has 0 unspecified atom stereocenters. The number of rotatable bonds is 4. The van der Waals surface area contributed by atoms with Crippen LogP contribution >= 0.6 is 0 Å². The molecule has 1 aromatic heterocycles. The van der Waals surface area contributed by atoms with Gasteiger partial charge in [0.1, 0.15) is 16.7 Å². The van der Waals surface area contributed by atoms with Crippen molar-refractivity contribution < 1.29 is 9.53 Å². The van der Waals surface area contributed by atoms with Crippen molar-refractivity contribution in [3.05, 3.63) is 42.0 Å². The van der Waals surface area contributed by atoms with Crippen LogP contribution in [0.4, 0.5) is 5.69 Å². The van der Waals surface area contributed by atoms with E-state index in [1.165, 1.54) is 4.80 Å². The average Bonchev–Trinajstić information content (AvgIpc) is 2.91. The number of anilines is 1. The fourth-order valence-corrected chi connectivity index (χ4v) is 2.26. The van der Waals surface area contributed by atoms with Crippen molar-refractivity contribution >= 4 is 23.1 Å². The number of nitrogens with zero attached hydrogens (tertiary/aromatic N) is 3. The number of fused-ring (bicyclic) bond motifs is 1. The highest BCUT2D eigenvalue weighted by molar-refractivity contribution is 5.80. The molecule has 0 saturated carbocycles. The Bertz CT molecular complexity index is 778. The Morgan fingerprint density at radius 3 is 2.43 bits per heavy atom. The van der Waals surface area contributed by atoms with Crippen molar-refractivity contribution in [2.45, 2.75) is 6.92 Å². The maximum atomic E-state index is 10.7. The van der Waals surface area contributed by atoms with Gasteiger partial charge in [-0.15, -0.1) is 15.0 Å². The first-order chi connectivity index (χ1) is 10.2. The van der Waals surface area contributed by atoms with Gasteiger partial charge in [-0.05, 0) is 36.8 Å². The van der Waals surface area contributed by atoms with Crippen molar-refractivity contribution in [2.75, 3.05) is 12.4 Å². The van der Waals surface area contributed by atoms with Crippen LogP contribution in [0.2, 0.25) is 0 Å². The lowest BCUT2D eigenvalue weighted by atomic mass is 10.1. The molecule has 2 aromatic carbocycles. The van der Waals surface area contributed by atoms with Crippen LogP contribution in [0.15, 0.2) is 36.4 Å². The van der Waals surface area contributed by atoms with E-state index in [2.05, 4.69) is 15.5 Å². The monoisotopic (exact) mass is 282 g/mol. The summed E-state index contributed by atoms with van der Waals surface area (Å²) >= 11 is 0. The number of carbonyl (C=O) groups is 1. The fraction of sp³-hybridized carbons (Fsp3) is 0.133. The molecule has 1 N–H and O–H groups in total. The maximum absolute atomic E-state index is 10.7. The number of hydrogen-bond donors (Lipinski definition) is 1. The van der Waals surface area contributed by atoms with E-state index in [1.807, 2.05) is 43.3 Å². The van der Waals surface area contributed by atoms with Gasteiger partial charge in [0, 0.05) is 0 Å². The van der Waals surface area contributed by atoms with E-state index in [4.69, 9.17) is 4.74 Å². The summed E-state index contributed by atoms with van der Waals surface area (Å²) in [6.45, 7) is 1.93. The van der Waals surface area contributed by atoms with Crippen LogP contribution in [0.5, 0.6) is 5.75 Å². The highest BCUT2D eigenvalue weighted by Crippen LogP contribution is 2.32. The standard InChI is InChI=1S/C15H14N4O2/c1-10-7-13(16-9-20)15(21-2)14(8-10)19-17-11-5-3-4-6-12(11)18-19/h3-9H,1-2H3,(H,16,20). The lowest BCUT2D eigenvalue weighted by Gasteiger charge is -2.13. The summed E-state index contributed by atoms with van der Waals surface area (Å²) in [4.78, 5) is 12.3. The second kappa shape index (κ2) is 5.24. The molecule has 0 spiro atoms. The molecule has 0 radical (unpaired) electrons. The molecule has 0 aliphatic heterocycles. The van der Waals surface area contributed by atoms with Crippen LogP contribution in [-0.2, 0) is 4.79 Å². The largest absolute Gasteiger partial charge is 0.492 e. The van der Waals surface area contributed by atoms with Gasteiger partial charge in [0.15, 0.2) is 5.75 Å². The third kappa shape index (κ3) is 2.31. The number of ether oxygens (including phenoxy) is 1. The van der Waals surface area contributed by atoms with Crippen molar-refractivity contribution in [3.63, 3.8) is 0 Å². The average molecular weight is 282 g/mol. The highest BCUT2D eigenvalue weighted by Gasteiger charge is 2.14. The third-order valence-corrected chi connectivity index (χ3v) is 3.13. The van der Waals surface area contributed by atoms with E-state index < -0.39 is 0 Å². The van der Waals surface area contributed by atoms with E-state index in [1.54, 1.807) is 7.11 Å². The normalized spacial score (nSPS) is 10.6. The number of carbonyl (C=O) groups excluding carboxylic acids is 1. The Hall–Kier alpha value is -2.89. The minimum atomic E-state index is 0.521. The van der Waals surface area contributed by atoms with E-state index in [0.29, 0.717) is 23.5 Å². The Balaban J connectivity index is 2.22. The van der Waals surface area contributed by atoms with E-state index in [-0.39, 0.29) is 0 Å². The molecule has 1 amide bonds. The summed E-state index contributed by atoms with van der Waals surface area (Å²) < 4.78 is 5.41. The number of methoxy groups -OCH3 is 1. The number of nitrogens with one attached hydrogen (secondary N) is 1. The molecule has 0 atom stereocenters. The molecular weight excluding hydrogens is 268 g/mol. The zero-order valence-corrected chi connectivity index (χ0v) is 11.7. The van der Waals surface area contributed by atoms with Crippen LogP contribution in [0.3, 0.4) is 0 Å². The van der Waals surface area contributed by atoms with Gasteiger partial charge in [0.25, 0.3) is 0 Å². The van der Waals surface area contributed by atoms with E-state index >= 15 is 0 Å². The summed E-state index contributed by atoms with van der Waals surface area (Å²) in [5, 5.41) is 11.5. The summed E-state index contributed by atoms with van der Waals surface area (Å²) in [5.74, 6) is 0.521. The lowest BCUT2D eigenvalue weighted by molar-refractivity contribution is -0.105. The van der Waals surface area contributed by atoms with Gasteiger partial charge in [-0.3, -0.25) is 4.79 Å². The number of aromatic nitrogens is 3. The van der Waals surface area contributed by atoms with Gasteiger partial charge in [-0.25, -0.2) is 0 Å². The van der Waals surface area contributed by atoms with Gasteiger partial charge < -0.3 is 10.1 Å². The van der Waals surface area contributed by atoms with Crippen molar-refractivity contribution in [3.8, 4) is 11.4 Å². The minimum Gasteiger partial charge on any atom is -0.492 e. The van der Waals surface area contributed by atoms with Gasteiger partial charge in [0.2, 0.25) is 6.41 Å². The lowest BCUT2D eigenvalue weighted by Crippen LogP contribution is -2.06. The number of hydrogen-bond acceptors (Lipinski definition) is 4. The summed E-state index contributed by atoms with van der Waals surface area (Å²) in [7, 11) is 1.55. The third-order valence-electron chi connectivity index (χ3n) is 3.13. The quantitative estimate of drug-likeness (QED) is 0.745. The zero-order chi connectivity index (χ0) is 14.8. The molecule has 6 heteroatoms. The Labute approximate surface area is 121 Å². The Morgan fingerprint density at radius 1 is 1.19 bits per heavy atom. The minimum absolute atomic E-state index is 0.521. The van der Waals surface area contributed by atoms with Crippen LogP contribution < -0.4 is 10.1 Å². The number of amides is 1. The Morgan fingerprint density at radius 2 is 1.86 bits per heavy atom. The number of aryl methyl sites for hydroxylation is 1. The first-order valence-electron chi connectivity index (χ1n) is 6.44. The van der Waals surface area contributed by atoms with Gasteiger partial charge in [0.05, 0.1) is 12.8 Å². The molecular formula is C15H14N4O2. The molecule has 0 aliphatic carbocycles. The smallest absolute Gasteiger partial charge is 0.211 e. The Kier molecular flexibility index (Phi) is 3.27. The summed E-state index contributed by atoms with van der Waals surface area (Å²) in [6, 6.07) is 11.4. The maximum Gasteiger partial charge on any atom is 0.211 e. The van der Waals surface area contributed by atoms with E-state index in [0.717, 1.165) is 16.6 Å².